The maximum Gasteiger partial charge on any atom is 0.257 e. The Morgan fingerprint density at radius 1 is 1.00 bits per heavy atom. The van der Waals surface area contributed by atoms with E-state index in [1.165, 1.54) is 5.56 Å². The van der Waals surface area contributed by atoms with Crippen molar-refractivity contribution in [2.24, 2.45) is 0 Å². The van der Waals surface area contributed by atoms with Crippen molar-refractivity contribution in [1.82, 2.24) is 10.3 Å². The third-order valence-electron chi connectivity index (χ3n) is 4.73. The van der Waals surface area contributed by atoms with Crippen molar-refractivity contribution in [3.05, 3.63) is 83.9 Å². The van der Waals surface area contributed by atoms with E-state index in [-0.39, 0.29) is 11.0 Å². The molecule has 6 heteroatoms. The van der Waals surface area contributed by atoms with Crippen LogP contribution in [-0.4, -0.2) is 16.0 Å². The second-order valence-corrected chi connectivity index (χ2v) is 7.66. The SMILES string of the molecule is CC(C)c1ccc(C(=O)NC(=S)Nc2cccc(-c3nc4ccccc4o3)c2)cc1. The fraction of sp³-hybridized carbons (Fsp3) is 0.125. The smallest absolute Gasteiger partial charge is 0.257 e. The Balaban J connectivity index is 1.44. The van der Waals surface area contributed by atoms with Crippen molar-refractivity contribution in [2.45, 2.75) is 19.8 Å². The van der Waals surface area contributed by atoms with Gasteiger partial charge in [-0.15, -0.1) is 0 Å². The van der Waals surface area contributed by atoms with Crippen LogP contribution in [-0.2, 0) is 0 Å². The van der Waals surface area contributed by atoms with E-state index >= 15 is 0 Å². The predicted octanol–water partition coefficient (Wildman–Crippen LogP) is 5.75. The molecule has 2 N–H and O–H groups in total. The number of fused-ring (bicyclic) bond motifs is 1. The summed E-state index contributed by atoms with van der Waals surface area (Å²) in [5, 5.41) is 5.99. The van der Waals surface area contributed by atoms with Crippen molar-refractivity contribution >= 4 is 40.0 Å². The minimum absolute atomic E-state index is 0.225. The molecule has 4 rings (SSSR count). The van der Waals surface area contributed by atoms with E-state index in [0.29, 0.717) is 17.4 Å². The lowest BCUT2D eigenvalue weighted by atomic mass is 10.0. The van der Waals surface area contributed by atoms with Gasteiger partial charge in [0.1, 0.15) is 5.52 Å². The van der Waals surface area contributed by atoms with Gasteiger partial charge in [0.2, 0.25) is 5.89 Å². The Morgan fingerprint density at radius 2 is 1.77 bits per heavy atom. The number of thiocarbonyl (C=S) groups is 1. The number of hydrogen-bond donors (Lipinski definition) is 2. The average Bonchev–Trinajstić information content (AvgIpc) is 3.18. The Hall–Kier alpha value is -3.51. The summed E-state index contributed by atoms with van der Waals surface area (Å²) in [6, 6.07) is 22.7. The zero-order valence-corrected chi connectivity index (χ0v) is 17.5. The molecule has 0 radical (unpaired) electrons. The van der Waals surface area contributed by atoms with Crippen molar-refractivity contribution in [3.63, 3.8) is 0 Å². The molecule has 0 fully saturated rings. The van der Waals surface area contributed by atoms with Crippen LogP contribution in [0.15, 0.2) is 77.2 Å². The summed E-state index contributed by atoms with van der Waals surface area (Å²) in [5.41, 5.74) is 4.83. The lowest BCUT2D eigenvalue weighted by molar-refractivity contribution is 0.0977. The van der Waals surface area contributed by atoms with Crippen LogP contribution < -0.4 is 10.6 Å². The molecule has 3 aromatic carbocycles. The van der Waals surface area contributed by atoms with Crippen LogP contribution in [0.25, 0.3) is 22.6 Å². The molecule has 0 saturated carbocycles. The quantitative estimate of drug-likeness (QED) is 0.416. The molecule has 0 aliphatic heterocycles. The summed E-state index contributed by atoms with van der Waals surface area (Å²) in [7, 11) is 0. The highest BCUT2D eigenvalue weighted by Gasteiger charge is 2.11. The molecule has 4 aromatic rings. The lowest BCUT2D eigenvalue weighted by Crippen LogP contribution is -2.34. The number of carbonyl (C=O) groups excluding carboxylic acids is 1. The van der Waals surface area contributed by atoms with E-state index in [2.05, 4.69) is 29.5 Å². The number of anilines is 1. The lowest BCUT2D eigenvalue weighted by Gasteiger charge is -2.11. The van der Waals surface area contributed by atoms with Gasteiger partial charge in [-0.1, -0.05) is 44.2 Å². The van der Waals surface area contributed by atoms with Gasteiger partial charge < -0.3 is 9.73 Å². The van der Waals surface area contributed by atoms with Crippen LogP contribution in [0.2, 0.25) is 0 Å². The molecular weight excluding hydrogens is 394 g/mol. The van der Waals surface area contributed by atoms with Crippen molar-refractivity contribution in [3.8, 4) is 11.5 Å². The molecule has 1 amide bonds. The van der Waals surface area contributed by atoms with Crippen molar-refractivity contribution < 1.29 is 9.21 Å². The number of aromatic nitrogens is 1. The number of oxazole rings is 1. The Kier molecular flexibility index (Phi) is 5.59. The zero-order chi connectivity index (χ0) is 21.1. The van der Waals surface area contributed by atoms with Gasteiger partial charge in [0.05, 0.1) is 0 Å². The van der Waals surface area contributed by atoms with Gasteiger partial charge in [-0.25, -0.2) is 4.98 Å². The highest BCUT2D eigenvalue weighted by Crippen LogP contribution is 2.26. The van der Waals surface area contributed by atoms with Crippen LogP contribution in [0.3, 0.4) is 0 Å². The van der Waals surface area contributed by atoms with Crippen LogP contribution in [0, 0.1) is 0 Å². The third kappa shape index (κ3) is 4.39. The standard InChI is InChI=1S/C24H21N3O2S/c1-15(2)16-10-12-17(13-11-16)22(28)27-24(30)25-19-7-5-6-18(14-19)23-26-20-8-3-4-9-21(20)29-23/h3-15H,1-2H3,(H2,25,27,28,30). The van der Waals surface area contributed by atoms with Crippen LogP contribution >= 0.6 is 12.2 Å². The molecule has 0 atom stereocenters. The summed E-state index contributed by atoms with van der Waals surface area (Å²) in [5.74, 6) is 0.691. The summed E-state index contributed by atoms with van der Waals surface area (Å²) < 4.78 is 5.82. The molecule has 0 saturated heterocycles. The number of benzene rings is 3. The van der Waals surface area contributed by atoms with Crippen LogP contribution in [0.1, 0.15) is 35.7 Å². The first-order valence-corrected chi connectivity index (χ1v) is 10.1. The summed E-state index contributed by atoms with van der Waals surface area (Å²) >= 11 is 5.31. The Labute approximate surface area is 180 Å². The van der Waals surface area contributed by atoms with Crippen LogP contribution in [0.5, 0.6) is 0 Å². The van der Waals surface area contributed by atoms with E-state index in [9.17, 15) is 4.79 Å². The van der Waals surface area contributed by atoms with E-state index in [4.69, 9.17) is 16.6 Å². The molecule has 5 nitrogen and oxygen atoms in total. The first-order valence-electron chi connectivity index (χ1n) is 9.68. The molecular formula is C24H21N3O2S. The van der Waals surface area contributed by atoms with E-state index in [1.54, 1.807) is 12.1 Å². The molecule has 30 heavy (non-hydrogen) atoms. The predicted molar refractivity (Wildman–Crippen MR) is 124 cm³/mol. The van der Waals surface area contributed by atoms with Crippen LogP contribution in [0.4, 0.5) is 5.69 Å². The number of nitrogens with one attached hydrogen (secondary N) is 2. The second-order valence-electron chi connectivity index (χ2n) is 7.25. The van der Waals surface area contributed by atoms with Gasteiger partial charge in [-0.2, -0.15) is 0 Å². The summed E-state index contributed by atoms with van der Waals surface area (Å²) in [6.45, 7) is 4.23. The molecule has 0 bridgehead atoms. The van der Waals surface area contributed by atoms with Gasteiger partial charge in [0, 0.05) is 16.8 Å². The fourth-order valence-electron chi connectivity index (χ4n) is 3.08. The second kappa shape index (κ2) is 8.47. The maximum atomic E-state index is 12.5. The summed E-state index contributed by atoms with van der Waals surface area (Å²) in [6.07, 6.45) is 0. The number of rotatable bonds is 4. The van der Waals surface area contributed by atoms with E-state index in [0.717, 1.165) is 22.4 Å². The van der Waals surface area contributed by atoms with Crippen molar-refractivity contribution in [2.75, 3.05) is 5.32 Å². The van der Waals surface area contributed by atoms with Gasteiger partial charge >= 0.3 is 0 Å². The van der Waals surface area contributed by atoms with Gasteiger partial charge in [-0.05, 0) is 66.2 Å². The topological polar surface area (TPSA) is 67.2 Å². The van der Waals surface area contributed by atoms with E-state index in [1.807, 2.05) is 60.7 Å². The van der Waals surface area contributed by atoms with Gasteiger partial charge in [0.25, 0.3) is 5.91 Å². The van der Waals surface area contributed by atoms with E-state index < -0.39 is 0 Å². The first kappa shape index (κ1) is 19.8. The Morgan fingerprint density at radius 3 is 2.50 bits per heavy atom. The minimum atomic E-state index is -0.252. The molecule has 0 aliphatic rings. The summed E-state index contributed by atoms with van der Waals surface area (Å²) in [4.78, 5) is 17.0. The number of hydrogen-bond acceptors (Lipinski definition) is 4. The molecule has 150 valence electrons. The highest BCUT2D eigenvalue weighted by molar-refractivity contribution is 7.80. The molecule has 1 heterocycles. The maximum absolute atomic E-state index is 12.5. The number of nitrogens with zero attached hydrogens (tertiary/aromatic N) is 1. The average molecular weight is 416 g/mol. The number of carbonyl (C=O) groups is 1. The number of amides is 1. The molecule has 0 unspecified atom stereocenters. The molecule has 1 aromatic heterocycles. The monoisotopic (exact) mass is 415 g/mol. The van der Waals surface area contributed by atoms with Gasteiger partial charge in [0.15, 0.2) is 10.7 Å². The first-order chi connectivity index (χ1) is 14.5. The largest absolute Gasteiger partial charge is 0.436 e. The molecule has 0 aliphatic carbocycles. The normalized spacial score (nSPS) is 10.9. The minimum Gasteiger partial charge on any atom is -0.436 e. The van der Waals surface area contributed by atoms with Crippen molar-refractivity contribution in [1.29, 1.82) is 0 Å². The highest BCUT2D eigenvalue weighted by atomic mass is 32.1. The number of para-hydroxylation sites is 2. The fourth-order valence-corrected chi connectivity index (χ4v) is 3.29. The zero-order valence-electron chi connectivity index (χ0n) is 16.7. The third-order valence-corrected chi connectivity index (χ3v) is 4.93. The van der Waals surface area contributed by atoms with Gasteiger partial charge in [-0.3, -0.25) is 10.1 Å². The Bertz CT molecular complexity index is 1180. The molecule has 0 spiro atoms.